The molecule has 1 aliphatic carbocycles. The van der Waals surface area contributed by atoms with E-state index in [1.54, 1.807) is 0 Å². The lowest BCUT2D eigenvalue weighted by molar-refractivity contribution is -0.144. The molecule has 0 spiro atoms. The fourth-order valence-corrected chi connectivity index (χ4v) is 5.37. The largest absolute Gasteiger partial charge is 0.480 e. The molecule has 1 aromatic rings. The maximum absolute atomic E-state index is 12.0. The summed E-state index contributed by atoms with van der Waals surface area (Å²) in [7, 11) is -1.34. The van der Waals surface area contributed by atoms with Crippen molar-refractivity contribution >= 4 is 37.9 Å². The molecule has 5 N–H and O–H groups in total. The summed E-state index contributed by atoms with van der Waals surface area (Å²) in [5.41, 5.74) is 7.87. The minimum atomic E-state index is -1.34. The van der Waals surface area contributed by atoms with Crippen LogP contribution in [0.1, 0.15) is 75.3 Å². The predicted molar refractivity (Wildman–Crippen MR) is 138 cm³/mol. The summed E-state index contributed by atoms with van der Waals surface area (Å²) in [6.45, 7) is 2.04. The van der Waals surface area contributed by atoms with Crippen LogP contribution < -0.4 is 5.73 Å². The monoisotopic (exact) mass is 502 g/mol. The molecule has 1 heterocycles. The van der Waals surface area contributed by atoms with E-state index in [9.17, 15) is 9.90 Å². The number of aliphatic carboxylic acids is 1. The van der Waals surface area contributed by atoms with Crippen molar-refractivity contribution in [1.29, 1.82) is 0 Å². The van der Waals surface area contributed by atoms with E-state index in [-0.39, 0.29) is 31.1 Å². The van der Waals surface area contributed by atoms with Crippen molar-refractivity contribution in [3.8, 4) is 0 Å². The van der Waals surface area contributed by atoms with Gasteiger partial charge in [-0.1, -0.05) is 56.4 Å². The average Bonchev–Trinajstić information content (AvgIpc) is 2.75. The third kappa shape index (κ3) is 9.04. The number of fused-ring (bicyclic) bond motifs is 1. The third-order valence-corrected chi connectivity index (χ3v) is 7.37. The molecule has 1 saturated carbocycles. The van der Waals surface area contributed by atoms with Crippen LogP contribution in [0.5, 0.6) is 0 Å². The number of carboxylic acid groups (broad SMARTS) is 1. The molecule has 0 amide bonds. The van der Waals surface area contributed by atoms with Crippen LogP contribution in [0.2, 0.25) is 6.32 Å². The van der Waals surface area contributed by atoms with Gasteiger partial charge in [-0.05, 0) is 61.9 Å². The normalized spacial score (nSPS) is 20.6. The van der Waals surface area contributed by atoms with Gasteiger partial charge in [-0.2, -0.15) is 0 Å². The van der Waals surface area contributed by atoms with Gasteiger partial charge in [-0.3, -0.25) is 9.69 Å². The van der Waals surface area contributed by atoms with Gasteiger partial charge in [0.25, 0.3) is 0 Å². The van der Waals surface area contributed by atoms with Crippen LogP contribution in [-0.4, -0.2) is 51.3 Å². The number of hydrogen-bond acceptors (Lipinski definition) is 5. The van der Waals surface area contributed by atoms with Gasteiger partial charge in [0.05, 0.1) is 0 Å². The fourth-order valence-electron chi connectivity index (χ4n) is 5.37. The number of hydrogen-bond donors (Lipinski definition) is 4. The van der Waals surface area contributed by atoms with Gasteiger partial charge in [0.15, 0.2) is 0 Å². The van der Waals surface area contributed by atoms with Gasteiger partial charge < -0.3 is 20.9 Å². The van der Waals surface area contributed by atoms with Gasteiger partial charge in [-0.15, -0.1) is 24.8 Å². The quantitative estimate of drug-likeness (QED) is 0.268. The molecule has 33 heavy (non-hydrogen) atoms. The number of halogens is 2. The van der Waals surface area contributed by atoms with Crippen LogP contribution in [0, 0.1) is 5.92 Å². The Morgan fingerprint density at radius 3 is 2.36 bits per heavy atom. The summed E-state index contributed by atoms with van der Waals surface area (Å²) < 4.78 is 0. The number of unbranched alkanes of at least 4 members (excludes halogenated alkanes) is 1. The Morgan fingerprint density at radius 2 is 1.73 bits per heavy atom. The molecule has 188 valence electrons. The van der Waals surface area contributed by atoms with Crippen LogP contribution in [0.15, 0.2) is 24.3 Å². The van der Waals surface area contributed by atoms with E-state index >= 15 is 0 Å². The first-order valence-corrected chi connectivity index (χ1v) is 12.1. The van der Waals surface area contributed by atoms with Crippen LogP contribution in [0.25, 0.3) is 0 Å². The van der Waals surface area contributed by atoms with E-state index < -0.39 is 18.6 Å². The first kappa shape index (κ1) is 30.2. The zero-order valence-corrected chi connectivity index (χ0v) is 21.2. The Hall–Kier alpha value is -0.825. The van der Waals surface area contributed by atoms with Gasteiger partial charge in [-0.25, -0.2) is 0 Å². The lowest BCUT2D eigenvalue weighted by atomic mass is 9.80. The number of carboxylic acids is 1. The van der Waals surface area contributed by atoms with E-state index in [1.165, 1.54) is 43.2 Å². The summed E-state index contributed by atoms with van der Waals surface area (Å²) in [6, 6.07) is 8.94. The van der Waals surface area contributed by atoms with Crippen LogP contribution >= 0.6 is 24.8 Å². The van der Waals surface area contributed by atoms with Gasteiger partial charge in [0.1, 0.15) is 5.54 Å². The fraction of sp³-hybridized carbons (Fsp3) is 0.708. The molecule has 0 radical (unpaired) electrons. The van der Waals surface area contributed by atoms with Gasteiger partial charge >= 0.3 is 13.1 Å². The summed E-state index contributed by atoms with van der Waals surface area (Å²) in [6.07, 6.45) is 10.5. The van der Waals surface area contributed by atoms with Crippen molar-refractivity contribution in [3.05, 3.63) is 35.4 Å². The zero-order chi connectivity index (χ0) is 22.3. The molecule has 0 aromatic heterocycles. The third-order valence-electron chi connectivity index (χ3n) is 7.37. The maximum Gasteiger partial charge on any atom is 0.451 e. The SMILES string of the molecule is Cl.Cl.NC(CCCCB(O)O)(CCC1Cc2ccccc2CN1CC1CCCCC1)C(=O)O. The standard InChI is InChI=1S/C24H39BN2O4.2ClH/c26-24(23(28)29,13-6-7-15-25(30)31)14-12-22-16-20-10-4-5-11-21(20)18-27(22)17-19-8-2-1-3-9-19;;/h4-5,10-11,19,22,30-31H,1-3,6-9,12-18,26H2,(H,28,29);2*1H. The topological polar surface area (TPSA) is 107 Å². The number of rotatable bonds is 11. The molecule has 9 heteroatoms. The maximum atomic E-state index is 12.0. The Bertz CT molecular complexity index is 721. The predicted octanol–water partition coefficient (Wildman–Crippen LogP) is 4.04. The van der Waals surface area contributed by atoms with Crippen molar-refractivity contribution < 1.29 is 19.9 Å². The molecular formula is C24H41BCl2N2O4. The second-order valence-corrected chi connectivity index (χ2v) is 9.79. The lowest BCUT2D eigenvalue weighted by Gasteiger charge is -2.41. The molecule has 1 fully saturated rings. The first-order valence-electron chi connectivity index (χ1n) is 12.1. The van der Waals surface area contributed by atoms with Crippen molar-refractivity contribution in [2.75, 3.05) is 6.54 Å². The Kier molecular flexibility index (Phi) is 13.3. The molecule has 0 saturated heterocycles. The van der Waals surface area contributed by atoms with E-state index in [1.807, 2.05) is 0 Å². The lowest BCUT2D eigenvalue weighted by Crippen LogP contribution is -2.50. The Balaban J connectivity index is 0.00000272. The summed E-state index contributed by atoms with van der Waals surface area (Å²) in [4.78, 5) is 14.6. The molecular weight excluding hydrogens is 462 g/mol. The second-order valence-electron chi connectivity index (χ2n) is 9.79. The highest BCUT2D eigenvalue weighted by Crippen LogP contribution is 2.32. The summed E-state index contributed by atoms with van der Waals surface area (Å²) in [5, 5.41) is 27.8. The van der Waals surface area contributed by atoms with E-state index in [2.05, 4.69) is 29.2 Å². The molecule has 2 unspecified atom stereocenters. The summed E-state index contributed by atoms with van der Waals surface area (Å²) in [5.74, 6) is -0.208. The van der Waals surface area contributed by atoms with Gasteiger partial charge in [0.2, 0.25) is 0 Å². The number of nitrogens with two attached hydrogens (primary N) is 1. The minimum Gasteiger partial charge on any atom is -0.480 e. The number of carbonyl (C=O) groups is 1. The molecule has 2 atom stereocenters. The molecule has 3 rings (SSSR count). The number of nitrogens with zero attached hydrogens (tertiary/aromatic N) is 1. The van der Waals surface area contributed by atoms with E-state index in [4.69, 9.17) is 15.8 Å². The smallest absolute Gasteiger partial charge is 0.451 e. The summed E-state index contributed by atoms with van der Waals surface area (Å²) >= 11 is 0. The Morgan fingerprint density at radius 1 is 1.06 bits per heavy atom. The van der Waals surface area contributed by atoms with Crippen molar-refractivity contribution in [3.63, 3.8) is 0 Å². The molecule has 0 bridgehead atoms. The van der Waals surface area contributed by atoms with Crippen molar-refractivity contribution in [1.82, 2.24) is 4.90 Å². The van der Waals surface area contributed by atoms with E-state index in [0.717, 1.165) is 31.8 Å². The van der Waals surface area contributed by atoms with Crippen LogP contribution in [-0.2, 0) is 17.8 Å². The molecule has 6 nitrogen and oxygen atoms in total. The molecule has 1 aliphatic heterocycles. The highest BCUT2D eigenvalue weighted by molar-refractivity contribution is 6.40. The van der Waals surface area contributed by atoms with Crippen LogP contribution in [0.3, 0.4) is 0 Å². The average molecular weight is 503 g/mol. The zero-order valence-electron chi connectivity index (χ0n) is 19.5. The Labute approximate surface area is 211 Å². The van der Waals surface area contributed by atoms with Gasteiger partial charge in [0, 0.05) is 19.1 Å². The second kappa shape index (κ2) is 14.5. The highest BCUT2D eigenvalue weighted by Gasteiger charge is 2.36. The minimum absolute atomic E-state index is 0. The van der Waals surface area contributed by atoms with Crippen LogP contribution in [0.4, 0.5) is 0 Å². The van der Waals surface area contributed by atoms with Crippen molar-refractivity contribution in [2.24, 2.45) is 11.7 Å². The first-order chi connectivity index (χ1) is 14.9. The molecule has 2 aliphatic rings. The highest BCUT2D eigenvalue weighted by atomic mass is 35.5. The molecule has 1 aromatic carbocycles. The number of benzene rings is 1. The van der Waals surface area contributed by atoms with E-state index in [0.29, 0.717) is 31.7 Å². The van der Waals surface area contributed by atoms with Crippen molar-refractivity contribution in [2.45, 2.75) is 95.1 Å².